The minimum Gasteiger partial charge on any atom is -0.355 e. The number of carbonyl (C=O) groups is 2. The van der Waals surface area contributed by atoms with Gasteiger partial charge in [-0.2, -0.15) is 0 Å². The predicted molar refractivity (Wildman–Crippen MR) is 131 cm³/mol. The summed E-state index contributed by atoms with van der Waals surface area (Å²) in [6.45, 7) is 2.69. The molecule has 0 radical (unpaired) electrons. The summed E-state index contributed by atoms with van der Waals surface area (Å²) in [5.41, 5.74) is 2.91. The number of benzene rings is 2. The third-order valence-corrected chi connectivity index (χ3v) is 6.98. The van der Waals surface area contributed by atoms with E-state index in [0.717, 1.165) is 28.0 Å². The minimum absolute atomic E-state index is 0.0181. The molecule has 0 bridgehead atoms. The second-order valence-electron chi connectivity index (χ2n) is 8.38. The zero-order chi connectivity index (χ0) is 22.3. The van der Waals surface area contributed by atoms with Crippen LogP contribution in [0, 0.1) is 12.8 Å². The van der Waals surface area contributed by atoms with Gasteiger partial charge >= 0.3 is 0 Å². The third-order valence-electron chi connectivity index (χ3n) is 5.91. The molecular weight excluding hydrogens is 418 g/mol. The maximum Gasteiger partial charge on any atom is 0.256 e. The number of rotatable bonds is 7. The zero-order valence-electron chi connectivity index (χ0n) is 18.4. The van der Waals surface area contributed by atoms with E-state index >= 15 is 0 Å². The van der Waals surface area contributed by atoms with Crippen LogP contribution in [0.1, 0.15) is 48.2 Å². The van der Waals surface area contributed by atoms with Gasteiger partial charge in [0.1, 0.15) is 0 Å². The number of carbonyl (C=O) groups excluding carboxylic acids is 2. The zero-order valence-corrected chi connectivity index (χ0v) is 19.2. The lowest BCUT2D eigenvalue weighted by Gasteiger charge is -2.21. The molecule has 6 heteroatoms. The molecule has 0 spiro atoms. The van der Waals surface area contributed by atoms with E-state index < -0.39 is 0 Å². The first kappa shape index (κ1) is 22.3. The number of anilines is 1. The molecule has 32 heavy (non-hydrogen) atoms. The van der Waals surface area contributed by atoms with Crippen LogP contribution in [0.4, 0.5) is 5.69 Å². The normalized spacial score (nSPS) is 14.3. The van der Waals surface area contributed by atoms with Crippen LogP contribution in [0.2, 0.25) is 0 Å². The Labute approximate surface area is 193 Å². The first-order valence-electron chi connectivity index (χ1n) is 11.3. The standard InChI is InChI=1S/C26H29N3O2S/c1-18-14-15-20-10-7-12-22(25(20)28-18)29-26(31)21-11-5-6-13-23(21)32-17-24(30)27-16-19-8-3-2-4-9-19/h5-7,10-15,19H,2-4,8-9,16-17H2,1H3,(H,27,30)(H,29,31). The highest BCUT2D eigenvalue weighted by Crippen LogP contribution is 2.26. The fraction of sp³-hybridized carbons (Fsp3) is 0.346. The Morgan fingerprint density at radius 1 is 1.00 bits per heavy atom. The number of hydrogen-bond acceptors (Lipinski definition) is 4. The Kier molecular flexibility index (Phi) is 7.43. The fourth-order valence-corrected chi connectivity index (χ4v) is 5.04. The van der Waals surface area contributed by atoms with Gasteiger partial charge in [-0.15, -0.1) is 11.8 Å². The smallest absolute Gasteiger partial charge is 0.256 e. The molecule has 1 fully saturated rings. The first-order chi connectivity index (χ1) is 15.6. The molecule has 1 aliphatic carbocycles. The molecule has 2 amide bonds. The van der Waals surface area contributed by atoms with E-state index in [1.54, 1.807) is 6.07 Å². The number of hydrogen-bond donors (Lipinski definition) is 2. The molecule has 0 unspecified atom stereocenters. The van der Waals surface area contributed by atoms with Crippen molar-refractivity contribution >= 4 is 40.2 Å². The molecule has 4 rings (SSSR count). The highest BCUT2D eigenvalue weighted by atomic mass is 32.2. The molecule has 3 aromatic rings. The van der Waals surface area contributed by atoms with Crippen molar-refractivity contribution in [2.24, 2.45) is 5.92 Å². The van der Waals surface area contributed by atoms with Crippen molar-refractivity contribution in [2.45, 2.75) is 43.9 Å². The van der Waals surface area contributed by atoms with Crippen LogP contribution in [0.3, 0.4) is 0 Å². The predicted octanol–water partition coefficient (Wildman–Crippen LogP) is 5.58. The summed E-state index contributed by atoms with van der Waals surface area (Å²) in [7, 11) is 0. The van der Waals surface area contributed by atoms with Crippen LogP contribution >= 0.6 is 11.8 Å². The summed E-state index contributed by atoms with van der Waals surface area (Å²) in [6.07, 6.45) is 6.26. The number of aryl methyl sites for hydroxylation is 1. The largest absolute Gasteiger partial charge is 0.355 e. The van der Waals surface area contributed by atoms with E-state index in [1.165, 1.54) is 43.9 Å². The molecule has 0 aliphatic heterocycles. The van der Waals surface area contributed by atoms with Gasteiger partial charge in [0.15, 0.2) is 0 Å². The SMILES string of the molecule is Cc1ccc2cccc(NC(=O)c3ccccc3SCC(=O)NCC3CCCCC3)c2n1. The average Bonchev–Trinajstić information content (AvgIpc) is 2.82. The number of aromatic nitrogens is 1. The maximum absolute atomic E-state index is 13.1. The van der Waals surface area contributed by atoms with Gasteiger partial charge in [-0.25, -0.2) is 0 Å². The highest BCUT2D eigenvalue weighted by Gasteiger charge is 2.16. The fourth-order valence-electron chi connectivity index (χ4n) is 4.16. The van der Waals surface area contributed by atoms with Crippen LogP contribution in [0.15, 0.2) is 59.5 Å². The number of pyridine rings is 1. The second kappa shape index (κ2) is 10.6. The number of amides is 2. The number of thioether (sulfide) groups is 1. The summed E-state index contributed by atoms with van der Waals surface area (Å²) in [5, 5.41) is 7.05. The molecular formula is C26H29N3O2S. The monoisotopic (exact) mass is 447 g/mol. The van der Waals surface area contributed by atoms with Crippen molar-refractivity contribution in [3.63, 3.8) is 0 Å². The molecule has 2 N–H and O–H groups in total. The molecule has 166 valence electrons. The topological polar surface area (TPSA) is 71.1 Å². The lowest BCUT2D eigenvalue weighted by molar-refractivity contribution is -0.118. The number of para-hydroxylation sites is 1. The van der Waals surface area contributed by atoms with E-state index in [9.17, 15) is 9.59 Å². The Bertz CT molecular complexity index is 1110. The van der Waals surface area contributed by atoms with Crippen LogP contribution in [0.25, 0.3) is 10.9 Å². The van der Waals surface area contributed by atoms with Gasteiger partial charge < -0.3 is 10.6 Å². The van der Waals surface area contributed by atoms with Crippen molar-refractivity contribution in [3.05, 3.63) is 65.9 Å². The minimum atomic E-state index is -0.202. The second-order valence-corrected chi connectivity index (χ2v) is 9.39. The van der Waals surface area contributed by atoms with Gasteiger partial charge in [0, 0.05) is 22.5 Å². The van der Waals surface area contributed by atoms with Crippen LogP contribution in [-0.4, -0.2) is 29.1 Å². The van der Waals surface area contributed by atoms with Crippen LogP contribution in [-0.2, 0) is 4.79 Å². The maximum atomic E-state index is 13.1. The summed E-state index contributed by atoms with van der Waals surface area (Å²) < 4.78 is 0. The van der Waals surface area contributed by atoms with Gasteiger partial charge in [0.2, 0.25) is 5.91 Å². The Morgan fingerprint density at radius 3 is 2.66 bits per heavy atom. The van der Waals surface area contributed by atoms with Gasteiger partial charge in [0.05, 0.1) is 22.5 Å². The van der Waals surface area contributed by atoms with Crippen LogP contribution in [0.5, 0.6) is 0 Å². The number of nitrogens with one attached hydrogen (secondary N) is 2. The van der Waals surface area contributed by atoms with Gasteiger partial charge in [-0.1, -0.05) is 49.6 Å². The molecule has 1 aromatic heterocycles. The first-order valence-corrected chi connectivity index (χ1v) is 12.2. The average molecular weight is 448 g/mol. The summed E-state index contributed by atoms with van der Waals surface area (Å²) in [5.74, 6) is 0.719. The van der Waals surface area contributed by atoms with E-state index in [2.05, 4.69) is 15.6 Å². The van der Waals surface area contributed by atoms with Crippen molar-refractivity contribution in [1.29, 1.82) is 0 Å². The molecule has 1 saturated carbocycles. The van der Waals surface area contributed by atoms with Gasteiger partial charge in [0.25, 0.3) is 5.91 Å². The van der Waals surface area contributed by atoms with E-state index in [0.29, 0.717) is 22.9 Å². The quantitative estimate of drug-likeness (QED) is 0.464. The Balaban J connectivity index is 1.40. The Hall–Kier alpha value is -2.86. The third kappa shape index (κ3) is 5.68. The number of fused-ring (bicyclic) bond motifs is 1. The summed E-state index contributed by atoms with van der Waals surface area (Å²) in [4.78, 5) is 30.8. The van der Waals surface area contributed by atoms with E-state index in [1.807, 2.05) is 55.5 Å². The molecule has 0 saturated heterocycles. The van der Waals surface area contributed by atoms with Gasteiger partial charge in [-0.3, -0.25) is 14.6 Å². The van der Waals surface area contributed by atoms with Crippen molar-refractivity contribution in [2.75, 3.05) is 17.6 Å². The summed E-state index contributed by atoms with van der Waals surface area (Å²) in [6, 6.07) is 17.1. The molecule has 2 aromatic carbocycles. The molecule has 1 aliphatic rings. The van der Waals surface area contributed by atoms with Gasteiger partial charge in [-0.05, 0) is 49.9 Å². The van der Waals surface area contributed by atoms with Crippen molar-refractivity contribution < 1.29 is 9.59 Å². The molecule has 5 nitrogen and oxygen atoms in total. The summed E-state index contributed by atoms with van der Waals surface area (Å²) >= 11 is 1.40. The van der Waals surface area contributed by atoms with Crippen LogP contribution < -0.4 is 10.6 Å². The van der Waals surface area contributed by atoms with Crippen molar-refractivity contribution in [1.82, 2.24) is 10.3 Å². The number of nitrogens with zero attached hydrogens (tertiary/aromatic N) is 1. The lowest BCUT2D eigenvalue weighted by atomic mass is 9.89. The molecule has 1 heterocycles. The molecule has 0 atom stereocenters. The highest BCUT2D eigenvalue weighted by molar-refractivity contribution is 8.00. The van der Waals surface area contributed by atoms with E-state index in [4.69, 9.17) is 0 Å². The lowest BCUT2D eigenvalue weighted by Crippen LogP contribution is -2.31. The van der Waals surface area contributed by atoms with E-state index in [-0.39, 0.29) is 11.8 Å². The van der Waals surface area contributed by atoms with Crippen molar-refractivity contribution in [3.8, 4) is 0 Å². The Morgan fingerprint density at radius 2 is 1.81 bits per heavy atom.